The van der Waals surface area contributed by atoms with Crippen LogP contribution in [0.1, 0.15) is 29.8 Å². The number of nitrogens with zero attached hydrogens (tertiary/aromatic N) is 2. The van der Waals surface area contributed by atoms with Gasteiger partial charge in [0.1, 0.15) is 5.69 Å². The first-order chi connectivity index (χ1) is 11.5. The Morgan fingerprint density at radius 3 is 2.29 bits per heavy atom. The van der Waals surface area contributed by atoms with Gasteiger partial charge in [-0.2, -0.15) is 0 Å². The number of carbonyl (C=O) groups is 1. The van der Waals surface area contributed by atoms with Crippen molar-refractivity contribution >= 4 is 23.0 Å². The van der Waals surface area contributed by atoms with E-state index in [1.54, 1.807) is 24.3 Å². The molecule has 0 unspecified atom stereocenters. The molecule has 0 heterocycles. The minimum absolute atomic E-state index is 0.0135. The lowest BCUT2D eigenvalue weighted by molar-refractivity contribution is -0.384. The van der Waals surface area contributed by atoms with Crippen molar-refractivity contribution in [3.05, 3.63) is 63.7 Å². The van der Waals surface area contributed by atoms with Crippen molar-refractivity contribution in [2.45, 2.75) is 20.8 Å². The largest absolute Gasteiger partial charge is 0.367 e. The van der Waals surface area contributed by atoms with Gasteiger partial charge < -0.3 is 10.2 Å². The molecule has 0 aliphatic heterocycles. The number of anilines is 2. The lowest BCUT2D eigenvalue weighted by atomic mass is 10.1. The van der Waals surface area contributed by atoms with E-state index in [-0.39, 0.29) is 11.6 Å². The predicted molar refractivity (Wildman–Crippen MR) is 95.8 cm³/mol. The fourth-order valence-electron chi connectivity index (χ4n) is 2.49. The minimum atomic E-state index is -0.421. The fraction of sp³-hybridized carbons (Fsp3) is 0.278. The number of hydrogen-bond acceptors (Lipinski definition) is 4. The van der Waals surface area contributed by atoms with E-state index in [0.29, 0.717) is 30.0 Å². The molecular weight excluding hydrogens is 306 g/mol. The molecule has 2 aromatic carbocycles. The summed E-state index contributed by atoms with van der Waals surface area (Å²) in [5.74, 6) is -0.292. The Kier molecular flexibility index (Phi) is 5.52. The highest BCUT2D eigenvalue weighted by atomic mass is 16.6. The molecule has 6 heteroatoms. The number of amides is 1. The summed E-state index contributed by atoms with van der Waals surface area (Å²) in [6.07, 6.45) is 0. The van der Waals surface area contributed by atoms with Crippen LogP contribution in [-0.4, -0.2) is 23.9 Å². The number of benzene rings is 2. The summed E-state index contributed by atoms with van der Waals surface area (Å²) in [5.41, 5.74) is 2.52. The number of rotatable bonds is 6. The van der Waals surface area contributed by atoms with Crippen molar-refractivity contribution in [2.24, 2.45) is 0 Å². The van der Waals surface area contributed by atoms with Crippen LogP contribution in [0.25, 0.3) is 0 Å². The maximum atomic E-state index is 12.2. The maximum Gasteiger partial charge on any atom is 0.294 e. The van der Waals surface area contributed by atoms with Gasteiger partial charge in [0.05, 0.1) is 4.92 Å². The number of nitrogens with one attached hydrogen (secondary N) is 1. The molecule has 0 aliphatic carbocycles. The second-order valence-electron chi connectivity index (χ2n) is 5.45. The Morgan fingerprint density at radius 1 is 1.12 bits per heavy atom. The van der Waals surface area contributed by atoms with Crippen LogP contribution in [0.2, 0.25) is 0 Å². The molecule has 0 aliphatic rings. The van der Waals surface area contributed by atoms with Gasteiger partial charge in [-0.05, 0) is 45.0 Å². The Morgan fingerprint density at radius 2 is 1.75 bits per heavy atom. The zero-order valence-corrected chi connectivity index (χ0v) is 14.1. The molecule has 1 amide bonds. The van der Waals surface area contributed by atoms with Crippen LogP contribution in [0.4, 0.5) is 17.1 Å². The third kappa shape index (κ3) is 3.90. The minimum Gasteiger partial charge on any atom is -0.367 e. The highest BCUT2D eigenvalue weighted by Crippen LogP contribution is 2.31. The van der Waals surface area contributed by atoms with Crippen LogP contribution < -0.4 is 10.2 Å². The number of nitro groups is 1. The quantitative estimate of drug-likeness (QED) is 0.642. The molecule has 126 valence electrons. The van der Waals surface area contributed by atoms with Crippen molar-refractivity contribution in [3.8, 4) is 0 Å². The molecule has 0 spiro atoms. The van der Waals surface area contributed by atoms with E-state index < -0.39 is 4.92 Å². The van der Waals surface area contributed by atoms with Gasteiger partial charge in [0.25, 0.3) is 11.6 Å². The Labute approximate surface area is 141 Å². The van der Waals surface area contributed by atoms with Gasteiger partial charge in [-0.25, -0.2) is 0 Å². The van der Waals surface area contributed by atoms with Gasteiger partial charge in [-0.15, -0.1) is 0 Å². The van der Waals surface area contributed by atoms with Gasteiger partial charge in [0.15, 0.2) is 0 Å². The summed E-state index contributed by atoms with van der Waals surface area (Å²) in [5, 5.41) is 14.1. The zero-order valence-electron chi connectivity index (χ0n) is 14.1. The molecule has 0 saturated heterocycles. The van der Waals surface area contributed by atoms with Crippen molar-refractivity contribution in [3.63, 3.8) is 0 Å². The molecule has 0 bridgehead atoms. The molecule has 24 heavy (non-hydrogen) atoms. The number of hydrogen-bond donors (Lipinski definition) is 1. The van der Waals surface area contributed by atoms with Gasteiger partial charge >= 0.3 is 0 Å². The second kappa shape index (κ2) is 7.59. The van der Waals surface area contributed by atoms with E-state index in [4.69, 9.17) is 0 Å². The molecule has 0 fully saturated rings. The lowest BCUT2D eigenvalue weighted by Gasteiger charge is -2.21. The second-order valence-corrected chi connectivity index (χ2v) is 5.45. The summed E-state index contributed by atoms with van der Waals surface area (Å²) in [4.78, 5) is 25.1. The van der Waals surface area contributed by atoms with Gasteiger partial charge in [-0.3, -0.25) is 14.9 Å². The van der Waals surface area contributed by atoms with Crippen LogP contribution >= 0.6 is 0 Å². The fourth-order valence-corrected chi connectivity index (χ4v) is 2.49. The van der Waals surface area contributed by atoms with E-state index in [2.05, 4.69) is 5.32 Å². The average Bonchev–Trinajstić information content (AvgIpc) is 2.57. The Bertz CT molecular complexity index is 738. The van der Waals surface area contributed by atoms with Crippen LogP contribution in [0.15, 0.2) is 42.5 Å². The molecule has 0 aromatic heterocycles. The summed E-state index contributed by atoms with van der Waals surface area (Å²) < 4.78 is 0. The van der Waals surface area contributed by atoms with E-state index in [1.807, 2.05) is 37.8 Å². The summed E-state index contributed by atoms with van der Waals surface area (Å²) in [6, 6.07) is 11.9. The van der Waals surface area contributed by atoms with Crippen LogP contribution in [-0.2, 0) is 0 Å². The molecule has 2 rings (SSSR count). The van der Waals surface area contributed by atoms with E-state index in [9.17, 15) is 14.9 Å². The first kappa shape index (κ1) is 17.5. The van der Waals surface area contributed by atoms with Crippen molar-refractivity contribution in [1.29, 1.82) is 0 Å². The first-order valence-corrected chi connectivity index (χ1v) is 7.87. The highest BCUT2D eigenvalue weighted by Gasteiger charge is 2.19. The summed E-state index contributed by atoms with van der Waals surface area (Å²) >= 11 is 0. The average molecular weight is 327 g/mol. The van der Waals surface area contributed by atoms with Gasteiger partial charge in [-0.1, -0.05) is 17.7 Å². The van der Waals surface area contributed by atoms with Gasteiger partial charge in [0.2, 0.25) is 0 Å². The standard InChI is InChI=1S/C18H21N3O3/c1-4-20(5-2)16-11-10-15(12-17(16)21(23)24)19-18(22)14-8-6-13(3)7-9-14/h6-12H,4-5H2,1-3H3,(H,19,22). The maximum absolute atomic E-state index is 12.2. The summed E-state index contributed by atoms with van der Waals surface area (Å²) in [7, 11) is 0. The number of aryl methyl sites for hydroxylation is 1. The van der Waals surface area contributed by atoms with Crippen LogP contribution in [0.5, 0.6) is 0 Å². The van der Waals surface area contributed by atoms with E-state index >= 15 is 0 Å². The molecule has 2 aromatic rings. The van der Waals surface area contributed by atoms with Crippen molar-refractivity contribution in [2.75, 3.05) is 23.3 Å². The molecule has 1 N–H and O–H groups in total. The number of nitro benzene ring substituents is 1. The Hall–Kier alpha value is -2.89. The molecular formula is C18H21N3O3. The van der Waals surface area contributed by atoms with Crippen molar-refractivity contribution < 1.29 is 9.72 Å². The number of carbonyl (C=O) groups excluding carboxylic acids is 1. The topological polar surface area (TPSA) is 75.5 Å². The van der Waals surface area contributed by atoms with Crippen molar-refractivity contribution in [1.82, 2.24) is 0 Å². The molecule has 6 nitrogen and oxygen atoms in total. The van der Waals surface area contributed by atoms with Crippen LogP contribution in [0, 0.1) is 17.0 Å². The normalized spacial score (nSPS) is 10.3. The van der Waals surface area contributed by atoms with E-state index in [1.165, 1.54) is 6.07 Å². The summed E-state index contributed by atoms with van der Waals surface area (Å²) in [6.45, 7) is 7.18. The molecule has 0 radical (unpaired) electrons. The Balaban J connectivity index is 2.28. The predicted octanol–water partition coefficient (Wildman–Crippen LogP) is 4.00. The third-order valence-corrected chi connectivity index (χ3v) is 3.85. The highest BCUT2D eigenvalue weighted by molar-refractivity contribution is 6.04. The monoisotopic (exact) mass is 327 g/mol. The van der Waals surface area contributed by atoms with E-state index in [0.717, 1.165) is 5.56 Å². The third-order valence-electron chi connectivity index (χ3n) is 3.85. The molecule has 0 atom stereocenters. The SMILES string of the molecule is CCN(CC)c1ccc(NC(=O)c2ccc(C)cc2)cc1[N+](=O)[O-]. The first-order valence-electron chi connectivity index (χ1n) is 7.87. The van der Waals surface area contributed by atoms with Crippen LogP contribution in [0.3, 0.4) is 0 Å². The zero-order chi connectivity index (χ0) is 17.7. The smallest absolute Gasteiger partial charge is 0.294 e. The lowest BCUT2D eigenvalue weighted by Crippen LogP contribution is -2.23. The van der Waals surface area contributed by atoms with Gasteiger partial charge in [0, 0.05) is 30.4 Å². The molecule has 0 saturated carbocycles.